The van der Waals surface area contributed by atoms with Crippen molar-refractivity contribution in [2.75, 3.05) is 6.79 Å². The highest BCUT2D eigenvalue weighted by Crippen LogP contribution is 2.49. The third kappa shape index (κ3) is 2.10. The minimum absolute atomic E-state index is 0.158. The Labute approximate surface area is 115 Å². The first kappa shape index (κ1) is 12.8. The Morgan fingerprint density at radius 3 is 2.58 bits per heavy atom. The molecule has 3 rings (SSSR count). The van der Waals surface area contributed by atoms with E-state index in [1.165, 1.54) is 24.8 Å². The van der Waals surface area contributed by atoms with Crippen LogP contribution in [0.1, 0.15) is 45.1 Å². The van der Waals surface area contributed by atoms with Crippen LogP contribution in [0.3, 0.4) is 0 Å². The Hall–Kier alpha value is -1.22. The van der Waals surface area contributed by atoms with E-state index in [0.29, 0.717) is 12.7 Å². The fourth-order valence-electron chi connectivity index (χ4n) is 3.37. The highest BCUT2D eigenvalue weighted by atomic mass is 16.7. The molecule has 2 aliphatic rings. The van der Waals surface area contributed by atoms with Gasteiger partial charge in [0.25, 0.3) is 0 Å². The van der Waals surface area contributed by atoms with E-state index < -0.39 is 0 Å². The number of fused-ring (bicyclic) bond motifs is 1. The smallest absolute Gasteiger partial charge is 0.231 e. The number of nitrogens with two attached hydrogens (primary N) is 1. The third-order valence-corrected chi connectivity index (χ3v) is 4.63. The van der Waals surface area contributed by atoms with Gasteiger partial charge in [-0.15, -0.1) is 0 Å². The number of hydrogen-bond donors (Lipinski definition) is 1. The minimum atomic E-state index is 0.158. The summed E-state index contributed by atoms with van der Waals surface area (Å²) in [6.45, 7) is 4.82. The molecule has 0 spiro atoms. The molecular weight excluding hydrogens is 238 g/mol. The second-order valence-corrected chi connectivity index (χ2v) is 6.31. The summed E-state index contributed by atoms with van der Waals surface area (Å²) in [5, 5.41) is 0. The van der Waals surface area contributed by atoms with Crippen molar-refractivity contribution in [3.8, 4) is 11.5 Å². The van der Waals surface area contributed by atoms with E-state index in [1.54, 1.807) is 0 Å². The van der Waals surface area contributed by atoms with Gasteiger partial charge in [0.05, 0.1) is 0 Å². The third-order valence-electron chi connectivity index (χ3n) is 4.63. The lowest BCUT2D eigenvalue weighted by Gasteiger charge is -2.47. The second-order valence-electron chi connectivity index (χ2n) is 6.31. The van der Waals surface area contributed by atoms with Crippen LogP contribution in [0.2, 0.25) is 0 Å². The molecule has 1 atom stereocenters. The lowest BCUT2D eigenvalue weighted by atomic mass is 9.59. The zero-order valence-electron chi connectivity index (χ0n) is 11.8. The van der Waals surface area contributed by atoms with Crippen LogP contribution in [0.5, 0.6) is 11.5 Å². The molecule has 0 amide bonds. The van der Waals surface area contributed by atoms with E-state index >= 15 is 0 Å². The molecule has 0 bridgehead atoms. The molecule has 0 radical (unpaired) electrons. The summed E-state index contributed by atoms with van der Waals surface area (Å²) in [5.41, 5.74) is 8.01. The molecule has 1 aromatic rings. The fourth-order valence-corrected chi connectivity index (χ4v) is 3.37. The molecule has 1 unspecified atom stereocenters. The van der Waals surface area contributed by atoms with Crippen molar-refractivity contribution < 1.29 is 9.47 Å². The van der Waals surface area contributed by atoms with Crippen molar-refractivity contribution in [1.82, 2.24) is 0 Å². The molecule has 1 aromatic carbocycles. The van der Waals surface area contributed by atoms with Crippen LogP contribution in [0.25, 0.3) is 0 Å². The summed E-state index contributed by atoms with van der Waals surface area (Å²) < 4.78 is 10.9. The summed E-state index contributed by atoms with van der Waals surface area (Å²) in [5.74, 6) is 2.37. The highest BCUT2D eigenvalue weighted by Gasteiger charge is 2.44. The maximum atomic E-state index is 6.52. The standard InChI is InChI=1S/C16H23NO2/c1-11(2)8-15(17)16(6-3-7-16)12-4-5-13-14(9-12)19-10-18-13/h4-5,9,11,15H,3,6-8,10,17H2,1-2H3. The molecule has 19 heavy (non-hydrogen) atoms. The van der Waals surface area contributed by atoms with E-state index in [9.17, 15) is 0 Å². The van der Waals surface area contributed by atoms with Crippen LogP contribution in [-0.4, -0.2) is 12.8 Å². The largest absolute Gasteiger partial charge is 0.454 e. The number of rotatable bonds is 4. The zero-order valence-corrected chi connectivity index (χ0v) is 11.8. The van der Waals surface area contributed by atoms with Gasteiger partial charge in [-0.05, 0) is 42.9 Å². The molecule has 0 saturated heterocycles. The van der Waals surface area contributed by atoms with Crippen molar-refractivity contribution in [1.29, 1.82) is 0 Å². The topological polar surface area (TPSA) is 44.5 Å². The number of benzene rings is 1. The Morgan fingerprint density at radius 2 is 1.95 bits per heavy atom. The van der Waals surface area contributed by atoms with Gasteiger partial charge >= 0.3 is 0 Å². The molecular formula is C16H23NO2. The Kier molecular flexibility index (Phi) is 3.17. The molecule has 3 heteroatoms. The van der Waals surface area contributed by atoms with Gasteiger partial charge in [0, 0.05) is 11.5 Å². The van der Waals surface area contributed by atoms with Crippen LogP contribution in [0.4, 0.5) is 0 Å². The van der Waals surface area contributed by atoms with Crippen LogP contribution < -0.4 is 15.2 Å². The van der Waals surface area contributed by atoms with E-state index in [0.717, 1.165) is 17.9 Å². The van der Waals surface area contributed by atoms with Crippen molar-refractivity contribution in [3.05, 3.63) is 23.8 Å². The van der Waals surface area contributed by atoms with Gasteiger partial charge < -0.3 is 15.2 Å². The quantitative estimate of drug-likeness (QED) is 0.905. The van der Waals surface area contributed by atoms with Crippen LogP contribution >= 0.6 is 0 Å². The molecule has 2 N–H and O–H groups in total. The average Bonchev–Trinajstić information content (AvgIpc) is 2.73. The van der Waals surface area contributed by atoms with Crippen molar-refractivity contribution in [3.63, 3.8) is 0 Å². The van der Waals surface area contributed by atoms with Gasteiger partial charge in [-0.3, -0.25) is 0 Å². The van der Waals surface area contributed by atoms with Crippen molar-refractivity contribution in [2.45, 2.75) is 51.0 Å². The first-order valence-corrected chi connectivity index (χ1v) is 7.27. The average molecular weight is 261 g/mol. The Balaban J connectivity index is 1.89. The second kappa shape index (κ2) is 4.71. The minimum Gasteiger partial charge on any atom is -0.454 e. The fraction of sp³-hybridized carbons (Fsp3) is 0.625. The molecule has 0 aromatic heterocycles. The zero-order chi connectivity index (χ0) is 13.5. The summed E-state index contributed by atoms with van der Waals surface area (Å²) >= 11 is 0. The van der Waals surface area contributed by atoms with Crippen LogP contribution in [-0.2, 0) is 5.41 Å². The van der Waals surface area contributed by atoms with Gasteiger partial charge in [0.1, 0.15) is 0 Å². The van der Waals surface area contributed by atoms with Gasteiger partial charge in [-0.1, -0.05) is 26.3 Å². The summed E-state index contributed by atoms with van der Waals surface area (Å²) in [6.07, 6.45) is 4.75. The summed E-state index contributed by atoms with van der Waals surface area (Å²) in [4.78, 5) is 0. The van der Waals surface area contributed by atoms with E-state index in [-0.39, 0.29) is 11.5 Å². The monoisotopic (exact) mass is 261 g/mol. The van der Waals surface area contributed by atoms with Crippen LogP contribution in [0, 0.1) is 5.92 Å². The Morgan fingerprint density at radius 1 is 1.21 bits per heavy atom. The Bertz CT molecular complexity index is 466. The van der Waals surface area contributed by atoms with E-state index in [2.05, 4.69) is 26.0 Å². The molecule has 1 saturated carbocycles. The molecule has 1 heterocycles. The van der Waals surface area contributed by atoms with Crippen molar-refractivity contribution in [2.24, 2.45) is 11.7 Å². The normalized spacial score (nSPS) is 21.3. The summed E-state index contributed by atoms with van der Waals surface area (Å²) in [7, 11) is 0. The molecule has 104 valence electrons. The van der Waals surface area contributed by atoms with E-state index in [1.807, 2.05) is 6.07 Å². The maximum Gasteiger partial charge on any atom is 0.231 e. The van der Waals surface area contributed by atoms with Gasteiger partial charge in [-0.25, -0.2) is 0 Å². The van der Waals surface area contributed by atoms with Gasteiger partial charge in [0.2, 0.25) is 6.79 Å². The van der Waals surface area contributed by atoms with E-state index in [4.69, 9.17) is 15.2 Å². The predicted octanol–water partition coefficient (Wildman–Crippen LogP) is 3.21. The maximum absolute atomic E-state index is 6.52. The first-order chi connectivity index (χ1) is 9.12. The SMILES string of the molecule is CC(C)CC(N)C1(c2ccc3c(c2)OCO3)CCC1. The molecule has 3 nitrogen and oxygen atoms in total. The predicted molar refractivity (Wildman–Crippen MR) is 75.5 cm³/mol. The highest BCUT2D eigenvalue weighted by molar-refractivity contribution is 5.47. The molecule has 1 fully saturated rings. The molecule has 1 aliphatic heterocycles. The summed E-state index contributed by atoms with van der Waals surface area (Å²) in [6, 6.07) is 6.58. The lowest BCUT2D eigenvalue weighted by Crippen LogP contribution is -2.50. The number of hydrogen-bond acceptors (Lipinski definition) is 3. The first-order valence-electron chi connectivity index (χ1n) is 7.27. The van der Waals surface area contributed by atoms with Gasteiger partial charge in [0.15, 0.2) is 11.5 Å². The lowest BCUT2D eigenvalue weighted by molar-refractivity contribution is 0.171. The molecule has 1 aliphatic carbocycles. The van der Waals surface area contributed by atoms with Crippen molar-refractivity contribution >= 4 is 0 Å². The number of ether oxygens (including phenoxy) is 2. The van der Waals surface area contributed by atoms with Crippen LogP contribution in [0.15, 0.2) is 18.2 Å². The van der Waals surface area contributed by atoms with Gasteiger partial charge in [-0.2, -0.15) is 0 Å².